The van der Waals surface area contributed by atoms with Gasteiger partial charge in [0.1, 0.15) is 0 Å². The van der Waals surface area contributed by atoms with E-state index in [0.29, 0.717) is 100 Å². The first-order valence-corrected chi connectivity index (χ1v) is 22.8. The molecule has 0 fully saturated rings. The van der Waals surface area contributed by atoms with Gasteiger partial charge in [-0.3, -0.25) is 0 Å². The molecule has 0 radical (unpaired) electrons. The van der Waals surface area contributed by atoms with Crippen LogP contribution in [-0.4, -0.2) is 24.1 Å². The van der Waals surface area contributed by atoms with Crippen LogP contribution in [0.2, 0.25) is 0 Å². The van der Waals surface area contributed by atoms with E-state index in [-0.39, 0.29) is 0 Å². The summed E-state index contributed by atoms with van der Waals surface area (Å²) in [6.07, 6.45) is -9.14. The fraction of sp³-hybridized carbons (Fsp3) is 0.0333. The number of para-hydroxylation sites is 2. The van der Waals surface area contributed by atoms with Gasteiger partial charge in [0.25, 0.3) is 0 Å². The highest BCUT2D eigenvalue weighted by Crippen LogP contribution is 2.44. The Bertz CT molecular complexity index is 4070. The molecule has 0 aliphatic rings. The van der Waals surface area contributed by atoms with Crippen molar-refractivity contribution in [3.05, 3.63) is 223 Å². The second-order valence-corrected chi connectivity index (χ2v) is 17.4. The highest BCUT2D eigenvalue weighted by molar-refractivity contribution is 6.11. The zero-order valence-electron chi connectivity index (χ0n) is 37.6. The number of rotatable bonds is 7. The molecule has 12 heteroatoms. The monoisotopic (exact) mass is 952 g/mol. The maximum absolute atomic E-state index is 14.3. The van der Waals surface area contributed by atoms with Crippen LogP contribution in [0.5, 0.6) is 0 Å². The molecule has 0 atom stereocenters. The number of nitrogens with zero attached hydrogens (tertiary/aromatic N) is 6. The number of nitriles is 1. The third-order valence-electron chi connectivity index (χ3n) is 13.1. The predicted molar refractivity (Wildman–Crippen MR) is 270 cm³/mol. The highest BCUT2D eigenvalue weighted by atomic mass is 19.4. The van der Waals surface area contributed by atoms with Crippen molar-refractivity contribution in [1.29, 1.82) is 5.26 Å². The number of alkyl halides is 6. The molecular formula is C60H34F6N6. The van der Waals surface area contributed by atoms with E-state index in [9.17, 15) is 31.6 Å². The fourth-order valence-electron chi connectivity index (χ4n) is 9.71. The smallest absolute Gasteiger partial charge is 0.309 e. The molecule has 0 aliphatic heterocycles. The van der Waals surface area contributed by atoms with Crippen LogP contribution in [0.4, 0.5) is 26.3 Å². The van der Waals surface area contributed by atoms with Crippen LogP contribution in [0.3, 0.4) is 0 Å². The van der Waals surface area contributed by atoms with Crippen molar-refractivity contribution < 1.29 is 26.3 Å². The average Bonchev–Trinajstić information content (AvgIpc) is 3.92. The lowest BCUT2D eigenvalue weighted by molar-refractivity contribution is -0.138. The fourth-order valence-corrected chi connectivity index (χ4v) is 9.71. The molecule has 3 aromatic heterocycles. The number of aromatic nitrogens is 5. The highest BCUT2D eigenvalue weighted by Gasteiger charge is 2.33. The van der Waals surface area contributed by atoms with Gasteiger partial charge in [-0.25, -0.2) is 15.0 Å². The minimum atomic E-state index is -4.58. The number of hydrogen-bond acceptors (Lipinski definition) is 4. The summed E-state index contributed by atoms with van der Waals surface area (Å²) in [5.41, 5.74) is 7.58. The van der Waals surface area contributed by atoms with Crippen LogP contribution in [0.15, 0.2) is 206 Å². The van der Waals surface area contributed by atoms with E-state index in [2.05, 4.69) is 6.07 Å². The summed E-state index contributed by atoms with van der Waals surface area (Å²) in [6.45, 7) is 0. The van der Waals surface area contributed by atoms with E-state index >= 15 is 0 Å². The number of fused-ring (bicyclic) bond motifs is 6. The quantitative estimate of drug-likeness (QED) is 0.149. The Labute approximate surface area is 407 Å². The van der Waals surface area contributed by atoms with Crippen molar-refractivity contribution in [3.8, 4) is 73.9 Å². The molecule has 3 heterocycles. The van der Waals surface area contributed by atoms with E-state index in [0.717, 1.165) is 28.8 Å². The minimum Gasteiger partial charge on any atom is -0.309 e. The first kappa shape index (κ1) is 43.9. The summed E-state index contributed by atoms with van der Waals surface area (Å²) in [6, 6.07) is 62.2. The zero-order valence-corrected chi connectivity index (χ0v) is 37.6. The van der Waals surface area contributed by atoms with Crippen molar-refractivity contribution in [3.63, 3.8) is 0 Å². The van der Waals surface area contributed by atoms with Crippen LogP contribution in [0, 0.1) is 11.3 Å². The predicted octanol–water partition coefficient (Wildman–Crippen LogP) is 16.3. The molecular weight excluding hydrogens is 919 g/mol. The summed E-state index contributed by atoms with van der Waals surface area (Å²) in [5.74, 6) is 1.28. The van der Waals surface area contributed by atoms with Gasteiger partial charge >= 0.3 is 12.4 Å². The molecule has 0 amide bonds. The Morgan fingerprint density at radius 3 is 1.21 bits per heavy atom. The van der Waals surface area contributed by atoms with Crippen LogP contribution in [-0.2, 0) is 12.4 Å². The third-order valence-corrected chi connectivity index (χ3v) is 13.1. The van der Waals surface area contributed by atoms with Gasteiger partial charge in [0.05, 0.1) is 56.2 Å². The normalized spacial score (nSPS) is 12.0. The number of hydrogen-bond donors (Lipinski definition) is 0. The van der Waals surface area contributed by atoms with Gasteiger partial charge in [0, 0.05) is 49.4 Å². The molecule has 0 N–H and O–H groups in total. The molecule has 0 aliphatic carbocycles. The van der Waals surface area contributed by atoms with Gasteiger partial charge in [-0.05, 0) is 102 Å². The van der Waals surface area contributed by atoms with Crippen molar-refractivity contribution in [1.82, 2.24) is 24.1 Å². The number of halogens is 6. The Kier molecular flexibility index (Phi) is 10.3. The van der Waals surface area contributed by atoms with Gasteiger partial charge in [0.2, 0.25) is 0 Å². The van der Waals surface area contributed by atoms with E-state index < -0.39 is 23.5 Å². The zero-order chi connectivity index (χ0) is 49.3. The molecule has 12 rings (SSSR count). The topological polar surface area (TPSA) is 72.3 Å². The summed E-state index contributed by atoms with van der Waals surface area (Å²) >= 11 is 0. The van der Waals surface area contributed by atoms with Gasteiger partial charge in [-0.2, -0.15) is 31.6 Å². The molecule has 72 heavy (non-hydrogen) atoms. The Hall–Kier alpha value is -9.34. The number of benzene rings is 9. The average molecular weight is 953 g/mol. The SMILES string of the molecule is N#Cc1ccc(-c2cc(-c3cc(-c4nc(-c5ccccc5)nc(-c5ccccc5)n4)ccc3-n3c4ccccc4c4cc(C(F)(F)F)ccc43)ccc2-n2c3ccccc3c3cc(C(F)(F)F)ccc32)cc1. The largest absolute Gasteiger partial charge is 0.416 e. The van der Waals surface area contributed by atoms with Crippen LogP contribution in [0.25, 0.3) is 111 Å². The van der Waals surface area contributed by atoms with Crippen LogP contribution < -0.4 is 0 Å². The summed E-state index contributed by atoms with van der Waals surface area (Å²) in [7, 11) is 0. The first-order valence-electron chi connectivity index (χ1n) is 22.8. The maximum atomic E-state index is 14.3. The Morgan fingerprint density at radius 1 is 0.347 bits per heavy atom. The molecule has 346 valence electrons. The first-order chi connectivity index (χ1) is 34.9. The van der Waals surface area contributed by atoms with Crippen molar-refractivity contribution >= 4 is 43.6 Å². The lowest BCUT2D eigenvalue weighted by Gasteiger charge is -2.19. The molecule has 12 aromatic rings. The van der Waals surface area contributed by atoms with Crippen molar-refractivity contribution in [2.75, 3.05) is 0 Å². The lowest BCUT2D eigenvalue weighted by atomic mass is 9.94. The molecule has 0 bridgehead atoms. The van der Waals surface area contributed by atoms with Crippen molar-refractivity contribution in [2.45, 2.75) is 12.4 Å². The second-order valence-electron chi connectivity index (χ2n) is 17.4. The van der Waals surface area contributed by atoms with Gasteiger partial charge in [-0.15, -0.1) is 0 Å². The Balaban J connectivity index is 1.15. The lowest BCUT2D eigenvalue weighted by Crippen LogP contribution is -2.05. The van der Waals surface area contributed by atoms with Crippen LogP contribution >= 0.6 is 0 Å². The third kappa shape index (κ3) is 7.59. The van der Waals surface area contributed by atoms with E-state index in [4.69, 9.17) is 15.0 Å². The van der Waals surface area contributed by atoms with E-state index in [1.54, 1.807) is 30.3 Å². The van der Waals surface area contributed by atoms with Crippen LogP contribution in [0.1, 0.15) is 16.7 Å². The maximum Gasteiger partial charge on any atom is 0.416 e. The van der Waals surface area contributed by atoms with E-state index in [1.165, 1.54) is 24.3 Å². The summed E-state index contributed by atoms with van der Waals surface area (Å²) in [5, 5.41) is 11.9. The summed E-state index contributed by atoms with van der Waals surface area (Å²) < 4.78 is 89.5. The molecule has 0 saturated carbocycles. The molecule has 0 saturated heterocycles. The van der Waals surface area contributed by atoms with Gasteiger partial charge in [0.15, 0.2) is 17.5 Å². The standard InChI is InChI=1S/C60H34F6N6/c61-59(62,63)42-25-29-54-48(33-42)44-15-7-9-17-50(44)71(54)52-27-23-40(31-46(52)37-21-19-36(35-67)20-22-37)47-32-41(58-69-56(38-11-3-1-4-12-38)68-57(70-58)39-13-5-2-6-14-39)24-28-53(47)72-51-18-10-8-16-45(51)49-34-43(60(64,65)66)26-30-55(49)72/h1-34H. The minimum absolute atomic E-state index is 0.375. The van der Waals surface area contributed by atoms with Crippen molar-refractivity contribution in [2.24, 2.45) is 0 Å². The molecule has 0 unspecified atom stereocenters. The van der Waals surface area contributed by atoms with Gasteiger partial charge < -0.3 is 9.13 Å². The molecule has 0 spiro atoms. The summed E-state index contributed by atoms with van der Waals surface area (Å²) in [4.78, 5) is 15.0. The van der Waals surface area contributed by atoms with E-state index in [1.807, 2.05) is 149 Å². The molecule has 6 nitrogen and oxygen atoms in total. The Morgan fingerprint density at radius 2 is 0.736 bits per heavy atom. The molecule has 9 aromatic carbocycles. The second kappa shape index (κ2) is 17.0. The van der Waals surface area contributed by atoms with Gasteiger partial charge in [-0.1, -0.05) is 115 Å².